The first-order chi connectivity index (χ1) is 9.42. The van der Waals surface area contributed by atoms with Gasteiger partial charge in [-0.3, -0.25) is 14.9 Å². The van der Waals surface area contributed by atoms with Gasteiger partial charge in [0.2, 0.25) is 5.91 Å². The highest BCUT2D eigenvalue weighted by Gasteiger charge is 2.23. The minimum Gasteiger partial charge on any atom is -0.478 e. The number of nitrogens with one attached hydrogen (secondary N) is 1. The Hall–Kier alpha value is -2.44. The molecular weight excluding hydrogens is 264 g/mol. The molecule has 0 aliphatic carbocycles. The lowest BCUT2D eigenvalue weighted by Crippen LogP contribution is -2.16. The number of nitro benzene ring substituents is 1. The van der Waals surface area contributed by atoms with Crippen molar-refractivity contribution in [2.24, 2.45) is 0 Å². The first-order valence-electron chi connectivity index (χ1n) is 6.25. The first kappa shape index (κ1) is 15.6. The second-order valence-corrected chi connectivity index (χ2v) is 4.20. The number of rotatable bonds is 6. The summed E-state index contributed by atoms with van der Waals surface area (Å²) in [5.74, 6) is -1.55. The molecule has 0 aliphatic rings. The van der Waals surface area contributed by atoms with E-state index in [1.165, 1.54) is 6.07 Å². The Labute approximate surface area is 115 Å². The Balaban J connectivity index is 3.40. The molecule has 20 heavy (non-hydrogen) atoms. The number of carbonyl (C=O) groups is 2. The van der Waals surface area contributed by atoms with Crippen LogP contribution in [0.5, 0.6) is 0 Å². The summed E-state index contributed by atoms with van der Waals surface area (Å²) in [5, 5.41) is 22.6. The molecule has 0 aliphatic heterocycles. The van der Waals surface area contributed by atoms with Crippen molar-refractivity contribution in [1.29, 1.82) is 0 Å². The number of carbonyl (C=O) groups excluding carboxylic acids is 1. The van der Waals surface area contributed by atoms with Crippen molar-refractivity contribution in [1.82, 2.24) is 0 Å². The van der Waals surface area contributed by atoms with E-state index in [1.54, 1.807) is 6.92 Å². The zero-order valence-electron chi connectivity index (χ0n) is 11.3. The zero-order valence-corrected chi connectivity index (χ0v) is 11.3. The summed E-state index contributed by atoms with van der Waals surface area (Å²) < 4.78 is 0. The maximum atomic E-state index is 11.7. The summed E-state index contributed by atoms with van der Waals surface area (Å²) in [6.07, 6.45) is 1.09. The van der Waals surface area contributed by atoms with Gasteiger partial charge in [0.25, 0.3) is 5.69 Å². The Bertz CT molecular complexity index is 554. The fourth-order valence-corrected chi connectivity index (χ4v) is 1.92. The smallest absolute Gasteiger partial charge is 0.336 e. The predicted octanol–water partition coefficient (Wildman–Crippen LogP) is 2.59. The van der Waals surface area contributed by atoms with E-state index in [2.05, 4.69) is 5.32 Å². The number of hydrogen-bond donors (Lipinski definition) is 2. The molecule has 0 saturated heterocycles. The molecule has 7 heteroatoms. The van der Waals surface area contributed by atoms with E-state index in [1.807, 2.05) is 6.92 Å². The van der Waals surface area contributed by atoms with Crippen LogP contribution in [0.1, 0.15) is 42.6 Å². The van der Waals surface area contributed by atoms with Crippen LogP contribution in [0.3, 0.4) is 0 Å². The highest BCUT2D eigenvalue weighted by atomic mass is 16.6. The molecule has 0 unspecified atom stereocenters. The van der Waals surface area contributed by atoms with Crippen LogP contribution in [0.25, 0.3) is 0 Å². The van der Waals surface area contributed by atoms with Crippen LogP contribution >= 0.6 is 0 Å². The van der Waals surface area contributed by atoms with Crippen LogP contribution in [0.2, 0.25) is 0 Å². The largest absolute Gasteiger partial charge is 0.478 e. The molecule has 0 aromatic heterocycles. The Morgan fingerprint density at radius 3 is 2.45 bits per heavy atom. The van der Waals surface area contributed by atoms with E-state index in [0.29, 0.717) is 6.42 Å². The molecule has 2 N–H and O–H groups in total. The molecule has 0 atom stereocenters. The van der Waals surface area contributed by atoms with Gasteiger partial charge >= 0.3 is 5.97 Å². The normalized spacial score (nSPS) is 10.1. The molecule has 0 heterocycles. The second-order valence-electron chi connectivity index (χ2n) is 4.20. The third kappa shape index (κ3) is 3.31. The summed E-state index contributed by atoms with van der Waals surface area (Å²) in [6, 6.07) is 2.29. The Morgan fingerprint density at radius 2 is 2.00 bits per heavy atom. The van der Waals surface area contributed by atoms with Gasteiger partial charge in [-0.25, -0.2) is 4.79 Å². The standard InChI is InChI=1S/C13H16N2O5/c1-3-5-11(16)14-12-8(4-2)9(13(17)18)6-7-10(12)15(19)20/h6-7H,3-5H2,1-2H3,(H,14,16)(H,17,18). The van der Waals surface area contributed by atoms with Gasteiger partial charge in [-0.2, -0.15) is 0 Å². The van der Waals surface area contributed by atoms with E-state index in [-0.39, 0.29) is 41.3 Å². The number of aromatic carboxylic acids is 1. The molecule has 0 spiro atoms. The van der Waals surface area contributed by atoms with Gasteiger partial charge in [0.05, 0.1) is 10.5 Å². The average molecular weight is 280 g/mol. The van der Waals surface area contributed by atoms with Crippen molar-refractivity contribution < 1.29 is 19.6 Å². The molecule has 1 aromatic rings. The van der Waals surface area contributed by atoms with Gasteiger partial charge in [0.1, 0.15) is 5.69 Å². The highest BCUT2D eigenvalue weighted by Crippen LogP contribution is 2.31. The molecule has 1 amide bonds. The van der Waals surface area contributed by atoms with Crippen molar-refractivity contribution in [3.05, 3.63) is 33.4 Å². The van der Waals surface area contributed by atoms with Gasteiger partial charge < -0.3 is 10.4 Å². The predicted molar refractivity (Wildman–Crippen MR) is 73.0 cm³/mol. The monoisotopic (exact) mass is 280 g/mol. The van der Waals surface area contributed by atoms with E-state index < -0.39 is 10.9 Å². The SMILES string of the molecule is CCCC(=O)Nc1c([N+](=O)[O-])ccc(C(=O)O)c1CC. The zero-order chi connectivity index (χ0) is 15.3. The Kier molecular flexibility index (Phi) is 5.19. The lowest BCUT2D eigenvalue weighted by molar-refractivity contribution is -0.384. The van der Waals surface area contributed by atoms with E-state index in [0.717, 1.165) is 6.07 Å². The molecule has 0 radical (unpaired) electrons. The van der Waals surface area contributed by atoms with E-state index in [4.69, 9.17) is 5.11 Å². The third-order valence-corrected chi connectivity index (χ3v) is 2.81. The van der Waals surface area contributed by atoms with Gasteiger partial charge in [0.15, 0.2) is 0 Å². The molecule has 7 nitrogen and oxygen atoms in total. The van der Waals surface area contributed by atoms with Crippen molar-refractivity contribution in [2.45, 2.75) is 33.1 Å². The van der Waals surface area contributed by atoms with Crippen LogP contribution in [0.4, 0.5) is 11.4 Å². The number of anilines is 1. The van der Waals surface area contributed by atoms with Crippen LogP contribution in [0.15, 0.2) is 12.1 Å². The fraction of sp³-hybridized carbons (Fsp3) is 0.385. The molecule has 1 aromatic carbocycles. The van der Waals surface area contributed by atoms with E-state index in [9.17, 15) is 19.7 Å². The molecule has 0 bridgehead atoms. The van der Waals surface area contributed by atoms with Gasteiger partial charge in [-0.05, 0) is 24.5 Å². The Morgan fingerprint density at radius 1 is 1.35 bits per heavy atom. The van der Waals surface area contributed by atoms with Gasteiger partial charge in [0, 0.05) is 12.5 Å². The second kappa shape index (κ2) is 6.65. The number of hydrogen-bond acceptors (Lipinski definition) is 4. The number of carboxylic acids is 1. The molecule has 1 rings (SSSR count). The van der Waals surface area contributed by atoms with Crippen LogP contribution < -0.4 is 5.32 Å². The summed E-state index contributed by atoms with van der Waals surface area (Å²) in [6.45, 7) is 3.49. The maximum Gasteiger partial charge on any atom is 0.336 e. The van der Waals surface area contributed by atoms with Crippen molar-refractivity contribution in [2.75, 3.05) is 5.32 Å². The lowest BCUT2D eigenvalue weighted by atomic mass is 10.0. The summed E-state index contributed by atoms with van der Waals surface area (Å²) in [4.78, 5) is 33.2. The van der Waals surface area contributed by atoms with E-state index >= 15 is 0 Å². The van der Waals surface area contributed by atoms with Crippen molar-refractivity contribution >= 4 is 23.3 Å². The van der Waals surface area contributed by atoms with Gasteiger partial charge in [-0.15, -0.1) is 0 Å². The van der Waals surface area contributed by atoms with Crippen molar-refractivity contribution in [3.8, 4) is 0 Å². The topological polar surface area (TPSA) is 110 Å². The molecular formula is C13H16N2O5. The summed E-state index contributed by atoms with van der Waals surface area (Å²) in [5.41, 5.74) is -0.0896. The minimum atomic E-state index is -1.18. The van der Waals surface area contributed by atoms with Crippen LogP contribution in [0, 0.1) is 10.1 Å². The fourth-order valence-electron chi connectivity index (χ4n) is 1.92. The molecule has 0 fully saturated rings. The van der Waals surface area contributed by atoms with Gasteiger partial charge in [-0.1, -0.05) is 13.8 Å². The molecule has 0 saturated carbocycles. The third-order valence-electron chi connectivity index (χ3n) is 2.81. The number of nitrogens with zero attached hydrogens (tertiary/aromatic N) is 1. The highest BCUT2D eigenvalue weighted by molar-refractivity contribution is 5.98. The number of nitro groups is 1. The first-order valence-corrected chi connectivity index (χ1v) is 6.25. The summed E-state index contributed by atoms with van der Waals surface area (Å²) >= 11 is 0. The van der Waals surface area contributed by atoms with Crippen LogP contribution in [-0.4, -0.2) is 21.9 Å². The number of carboxylic acid groups (broad SMARTS) is 1. The minimum absolute atomic E-state index is 0.0177. The maximum absolute atomic E-state index is 11.7. The number of benzene rings is 1. The average Bonchev–Trinajstić information content (AvgIpc) is 2.37. The quantitative estimate of drug-likeness (QED) is 0.614. The van der Waals surface area contributed by atoms with Crippen molar-refractivity contribution in [3.63, 3.8) is 0 Å². The number of amides is 1. The van der Waals surface area contributed by atoms with Crippen LogP contribution in [-0.2, 0) is 11.2 Å². The lowest BCUT2D eigenvalue weighted by Gasteiger charge is -2.12. The molecule has 108 valence electrons. The summed E-state index contributed by atoms with van der Waals surface area (Å²) in [7, 11) is 0.